The van der Waals surface area contributed by atoms with Gasteiger partial charge in [-0.1, -0.05) is 55.8 Å². The van der Waals surface area contributed by atoms with Gasteiger partial charge in [0.2, 0.25) is 5.91 Å². The van der Waals surface area contributed by atoms with Crippen LogP contribution in [0.5, 0.6) is 0 Å². The number of fused-ring (bicyclic) bond motifs is 5. The topological polar surface area (TPSA) is 80.3 Å². The molecule has 0 bridgehead atoms. The monoisotopic (exact) mass is 553 g/mol. The van der Waals surface area contributed by atoms with Crippen molar-refractivity contribution in [2.75, 3.05) is 11.9 Å². The van der Waals surface area contributed by atoms with E-state index in [0.717, 1.165) is 37.8 Å². The molecule has 0 aliphatic heterocycles. The lowest BCUT2D eigenvalue weighted by molar-refractivity contribution is -0.154. The zero-order valence-electron chi connectivity index (χ0n) is 24.6. The Morgan fingerprint density at radius 1 is 1.00 bits per heavy atom. The van der Waals surface area contributed by atoms with E-state index in [0.29, 0.717) is 17.8 Å². The van der Waals surface area contributed by atoms with Crippen LogP contribution in [-0.2, 0) is 14.3 Å². The van der Waals surface area contributed by atoms with Crippen LogP contribution in [0.25, 0.3) is 5.57 Å². The molecule has 4 aliphatic carbocycles. The zero-order chi connectivity index (χ0) is 28.6. The van der Waals surface area contributed by atoms with Crippen LogP contribution in [0.15, 0.2) is 72.6 Å². The van der Waals surface area contributed by atoms with Crippen molar-refractivity contribution in [3.63, 3.8) is 0 Å². The van der Waals surface area contributed by atoms with Gasteiger partial charge in [0.05, 0.1) is 6.54 Å². The lowest BCUT2D eigenvalue weighted by Gasteiger charge is -2.57. The van der Waals surface area contributed by atoms with Crippen LogP contribution in [0.3, 0.4) is 0 Å². The molecule has 0 spiro atoms. The first-order chi connectivity index (χ1) is 19.8. The quantitative estimate of drug-likeness (QED) is 0.300. The van der Waals surface area contributed by atoms with Crippen molar-refractivity contribution < 1.29 is 14.3 Å². The number of nitrogens with one attached hydrogen (secondary N) is 2. The molecule has 2 saturated carbocycles. The van der Waals surface area contributed by atoms with Gasteiger partial charge in [-0.05, 0) is 103 Å². The van der Waals surface area contributed by atoms with Crippen molar-refractivity contribution >= 4 is 23.1 Å². The van der Waals surface area contributed by atoms with Gasteiger partial charge in [-0.25, -0.2) is 4.79 Å². The number of carbonyl (C=O) groups excluding carboxylic acids is 2. The molecular weight excluding hydrogens is 510 g/mol. The van der Waals surface area contributed by atoms with Crippen molar-refractivity contribution in [1.29, 1.82) is 0 Å². The third-order valence-corrected chi connectivity index (χ3v) is 10.9. The molecule has 2 N–H and O–H groups in total. The number of para-hydroxylation sites is 1. The highest BCUT2D eigenvalue weighted by molar-refractivity contribution is 5.86. The molecule has 1 aromatic carbocycles. The third kappa shape index (κ3) is 5.22. The highest BCUT2D eigenvalue weighted by Crippen LogP contribution is 2.66. The number of pyridine rings is 1. The van der Waals surface area contributed by atoms with Crippen LogP contribution in [0.2, 0.25) is 0 Å². The highest BCUT2D eigenvalue weighted by atomic mass is 16.5. The van der Waals surface area contributed by atoms with Crippen LogP contribution in [0, 0.1) is 28.6 Å². The number of esters is 1. The standard InChI is InChI=1S/C35H43N3O3/c1-23(38-32(39)22-37-26-9-5-4-6-10-26)33(40)41-27-15-17-34(2)25(20-27)11-12-28-30-14-13-29(24-8-7-19-36-21-24)35(30,3)18-16-31(28)34/h4-11,13,19,21,23,27-28,30-31,37H,12,14-18,20,22H2,1-3H3,(H,38,39)/t23-,27-,28-,30-,31-,34-,35+/m0/s1. The second-order valence-electron chi connectivity index (χ2n) is 13.1. The first-order valence-corrected chi connectivity index (χ1v) is 15.4. The number of hydrogen-bond acceptors (Lipinski definition) is 5. The maximum atomic E-state index is 12.9. The fraction of sp³-hybridized carbons (Fsp3) is 0.514. The summed E-state index contributed by atoms with van der Waals surface area (Å²) in [7, 11) is 0. The summed E-state index contributed by atoms with van der Waals surface area (Å²) in [4.78, 5) is 29.7. The minimum atomic E-state index is -0.682. The van der Waals surface area contributed by atoms with Gasteiger partial charge in [0.25, 0.3) is 0 Å². The number of amides is 1. The van der Waals surface area contributed by atoms with E-state index < -0.39 is 6.04 Å². The third-order valence-electron chi connectivity index (χ3n) is 10.9. The van der Waals surface area contributed by atoms with Gasteiger partial charge in [-0.15, -0.1) is 0 Å². The minimum Gasteiger partial charge on any atom is -0.461 e. The van der Waals surface area contributed by atoms with Crippen LogP contribution in [0.1, 0.15) is 71.3 Å². The summed E-state index contributed by atoms with van der Waals surface area (Å²) >= 11 is 0. The number of hydrogen-bond donors (Lipinski definition) is 2. The summed E-state index contributed by atoms with van der Waals surface area (Å²) in [5, 5.41) is 5.86. The van der Waals surface area contributed by atoms with E-state index in [1.54, 1.807) is 6.92 Å². The number of nitrogens with zero attached hydrogens (tertiary/aromatic N) is 1. The molecule has 1 aromatic heterocycles. The van der Waals surface area contributed by atoms with Crippen molar-refractivity contribution in [1.82, 2.24) is 10.3 Å². The Balaban J connectivity index is 1.05. The van der Waals surface area contributed by atoms with Gasteiger partial charge in [-0.3, -0.25) is 9.78 Å². The van der Waals surface area contributed by atoms with Gasteiger partial charge in [-0.2, -0.15) is 0 Å². The van der Waals surface area contributed by atoms with Gasteiger partial charge in [0.1, 0.15) is 12.1 Å². The smallest absolute Gasteiger partial charge is 0.328 e. The fourth-order valence-corrected chi connectivity index (χ4v) is 8.62. The van der Waals surface area contributed by atoms with Crippen molar-refractivity contribution in [3.8, 4) is 0 Å². The molecule has 6 heteroatoms. The molecule has 0 radical (unpaired) electrons. The van der Waals surface area contributed by atoms with Crippen molar-refractivity contribution in [3.05, 3.63) is 78.1 Å². The van der Waals surface area contributed by atoms with Gasteiger partial charge >= 0.3 is 5.97 Å². The number of ether oxygens (including phenoxy) is 1. The molecule has 1 heterocycles. The molecular formula is C35H43N3O3. The van der Waals surface area contributed by atoms with Crippen LogP contribution in [0.4, 0.5) is 5.69 Å². The molecule has 41 heavy (non-hydrogen) atoms. The number of benzene rings is 1. The molecule has 0 unspecified atom stereocenters. The zero-order valence-corrected chi connectivity index (χ0v) is 24.6. The molecule has 0 saturated heterocycles. The van der Waals surface area contributed by atoms with E-state index in [-0.39, 0.29) is 35.4 Å². The molecule has 7 atom stereocenters. The van der Waals surface area contributed by atoms with E-state index in [4.69, 9.17) is 4.74 Å². The van der Waals surface area contributed by atoms with Crippen LogP contribution in [-0.4, -0.2) is 35.6 Å². The Bertz CT molecular complexity index is 1340. The van der Waals surface area contributed by atoms with E-state index in [1.165, 1.54) is 29.6 Å². The lowest BCUT2D eigenvalue weighted by atomic mass is 9.47. The van der Waals surface area contributed by atoms with E-state index in [1.807, 2.05) is 42.7 Å². The molecule has 6 nitrogen and oxygen atoms in total. The first kappa shape index (κ1) is 27.7. The number of anilines is 1. The number of aromatic nitrogens is 1. The molecule has 216 valence electrons. The van der Waals surface area contributed by atoms with Crippen molar-refractivity contribution in [2.24, 2.45) is 28.6 Å². The summed E-state index contributed by atoms with van der Waals surface area (Å²) in [5.74, 6) is 1.45. The van der Waals surface area contributed by atoms with Crippen LogP contribution >= 0.6 is 0 Å². The maximum absolute atomic E-state index is 12.9. The first-order valence-electron chi connectivity index (χ1n) is 15.4. The molecule has 2 aromatic rings. The van der Waals surface area contributed by atoms with Crippen molar-refractivity contribution in [2.45, 2.75) is 77.9 Å². The minimum absolute atomic E-state index is 0.109. The summed E-state index contributed by atoms with van der Waals surface area (Å²) in [5.41, 5.74) is 5.53. The normalized spacial score (nSPS) is 32.8. The Hall–Kier alpha value is -3.41. The molecule has 6 rings (SSSR count). The summed E-state index contributed by atoms with van der Waals surface area (Å²) in [6, 6.07) is 13.1. The average Bonchev–Trinajstić information content (AvgIpc) is 3.34. The molecule has 2 fully saturated rings. The predicted octanol–water partition coefficient (Wildman–Crippen LogP) is 6.57. The fourth-order valence-electron chi connectivity index (χ4n) is 8.62. The second-order valence-corrected chi connectivity index (χ2v) is 13.1. The highest BCUT2D eigenvalue weighted by Gasteiger charge is 2.57. The van der Waals surface area contributed by atoms with Crippen LogP contribution < -0.4 is 10.6 Å². The lowest BCUT2D eigenvalue weighted by Crippen LogP contribution is -2.50. The number of allylic oxidation sites excluding steroid dienone is 3. The van der Waals surface area contributed by atoms with E-state index in [9.17, 15) is 9.59 Å². The Kier molecular flexibility index (Phi) is 7.52. The average molecular weight is 554 g/mol. The molecule has 1 amide bonds. The number of rotatable bonds is 7. The Labute approximate surface area is 244 Å². The van der Waals surface area contributed by atoms with E-state index >= 15 is 0 Å². The predicted molar refractivity (Wildman–Crippen MR) is 162 cm³/mol. The largest absolute Gasteiger partial charge is 0.461 e. The van der Waals surface area contributed by atoms with Gasteiger partial charge in [0.15, 0.2) is 0 Å². The summed E-state index contributed by atoms with van der Waals surface area (Å²) in [6.07, 6.45) is 16.2. The summed E-state index contributed by atoms with van der Waals surface area (Å²) < 4.78 is 5.97. The molecule has 4 aliphatic rings. The second kappa shape index (κ2) is 11.1. The summed E-state index contributed by atoms with van der Waals surface area (Å²) in [6.45, 7) is 6.78. The van der Waals surface area contributed by atoms with E-state index in [2.05, 4.69) is 53.7 Å². The van der Waals surface area contributed by atoms with Gasteiger partial charge < -0.3 is 15.4 Å². The maximum Gasteiger partial charge on any atom is 0.328 e. The Morgan fingerprint density at radius 2 is 1.80 bits per heavy atom. The number of carbonyl (C=O) groups is 2. The Morgan fingerprint density at radius 3 is 2.59 bits per heavy atom. The van der Waals surface area contributed by atoms with Gasteiger partial charge in [0, 0.05) is 24.5 Å². The SMILES string of the molecule is C[C@H](NC(=O)CNc1ccccc1)C(=O)O[C@H]1CC[C@@]2(C)C(=CC[C@@H]3[C@@H]2CC[C@]2(C)C(c4cccnc4)=CC[C@@H]32)C1.